The molecule has 0 spiro atoms. The highest BCUT2D eigenvalue weighted by Crippen LogP contribution is 2.17. The standard InChI is InChI=1S/C19H25BN2O5S/c1-15-8-10-16(11-9-15)14-18(20(24)25)21-19(23)12-13-22(28(2,26)27)17-6-4-3-5-7-17/h3-11,18,24-25H,12-14H2,1-2H3,(H,21,23). The number of hydrogen-bond donors (Lipinski definition) is 3. The average molecular weight is 404 g/mol. The SMILES string of the molecule is Cc1ccc(CC(NC(=O)CCN(c2ccccc2)S(C)(=O)=O)B(O)O)cc1. The van der Waals surface area contributed by atoms with E-state index in [9.17, 15) is 23.3 Å². The maximum Gasteiger partial charge on any atom is 0.475 e. The summed E-state index contributed by atoms with van der Waals surface area (Å²) in [6, 6.07) is 16.0. The first-order valence-corrected chi connectivity index (χ1v) is 10.8. The van der Waals surface area contributed by atoms with Gasteiger partial charge in [-0.15, -0.1) is 0 Å². The molecular weight excluding hydrogens is 379 g/mol. The lowest BCUT2D eigenvalue weighted by atomic mass is 9.76. The van der Waals surface area contributed by atoms with Crippen molar-refractivity contribution in [2.75, 3.05) is 17.1 Å². The topological polar surface area (TPSA) is 107 Å². The number of nitrogens with one attached hydrogen (secondary N) is 1. The van der Waals surface area contributed by atoms with Gasteiger partial charge in [-0.3, -0.25) is 9.10 Å². The number of sulfonamides is 1. The molecule has 0 aliphatic rings. The van der Waals surface area contributed by atoms with E-state index < -0.39 is 29.0 Å². The van der Waals surface area contributed by atoms with E-state index in [0.717, 1.165) is 21.7 Å². The molecule has 2 aromatic carbocycles. The summed E-state index contributed by atoms with van der Waals surface area (Å²) in [4.78, 5) is 12.3. The predicted molar refractivity (Wildman–Crippen MR) is 110 cm³/mol. The molecule has 0 saturated heterocycles. The first-order valence-electron chi connectivity index (χ1n) is 8.90. The fourth-order valence-electron chi connectivity index (χ4n) is 2.77. The summed E-state index contributed by atoms with van der Waals surface area (Å²) in [6.07, 6.45) is 1.22. The lowest BCUT2D eigenvalue weighted by Crippen LogP contribution is -2.48. The normalized spacial score (nSPS) is 12.3. The van der Waals surface area contributed by atoms with Crippen molar-refractivity contribution < 1.29 is 23.3 Å². The summed E-state index contributed by atoms with van der Waals surface area (Å²) in [7, 11) is -5.29. The molecule has 0 saturated carbocycles. The fraction of sp³-hybridized carbons (Fsp3) is 0.316. The Labute approximate surface area is 166 Å². The molecule has 0 aromatic heterocycles. The molecule has 1 unspecified atom stereocenters. The van der Waals surface area contributed by atoms with Crippen LogP contribution in [0.25, 0.3) is 0 Å². The monoisotopic (exact) mass is 404 g/mol. The van der Waals surface area contributed by atoms with Crippen LogP contribution in [-0.2, 0) is 21.2 Å². The lowest BCUT2D eigenvalue weighted by Gasteiger charge is -2.23. The van der Waals surface area contributed by atoms with E-state index in [2.05, 4.69) is 5.32 Å². The third-order valence-electron chi connectivity index (χ3n) is 4.27. The Balaban J connectivity index is 2.00. The van der Waals surface area contributed by atoms with Crippen LogP contribution in [0.5, 0.6) is 0 Å². The van der Waals surface area contributed by atoms with Gasteiger partial charge in [-0.1, -0.05) is 48.0 Å². The number of aryl methyl sites for hydroxylation is 1. The highest BCUT2D eigenvalue weighted by Gasteiger charge is 2.26. The van der Waals surface area contributed by atoms with Gasteiger partial charge in [0.05, 0.1) is 17.9 Å². The lowest BCUT2D eigenvalue weighted by molar-refractivity contribution is -0.121. The molecule has 1 atom stereocenters. The van der Waals surface area contributed by atoms with Gasteiger partial charge in [0.1, 0.15) is 0 Å². The van der Waals surface area contributed by atoms with E-state index in [0.29, 0.717) is 5.69 Å². The molecule has 9 heteroatoms. The van der Waals surface area contributed by atoms with Crippen LogP contribution in [0, 0.1) is 6.92 Å². The zero-order valence-electron chi connectivity index (χ0n) is 15.9. The van der Waals surface area contributed by atoms with Crippen molar-refractivity contribution in [2.45, 2.75) is 25.7 Å². The van der Waals surface area contributed by atoms with Crippen LogP contribution < -0.4 is 9.62 Å². The number of carbonyl (C=O) groups is 1. The first kappa shape index (κ1) is 21.9. The molecule has 0 aliphatic heterocycles. The van der Waals surface area contributed by atoms with Crippen molar-refractivity contribution in [1.82, 2.24) is 5.32 Å². The first-order chi connectivity index (χ1) is 13.2. The molecule has 1 amide bonds. The minimum Gasteiger partial charge on any atom is -0.426 e. The minimum absolute atomic E-state index is 0.0482. The Hall–Kier alpha value is -2.36. The predicted octanol–water partition coefficient (Wildman–Crippen LogP) is 0.891. The average Bonchev–Trinajstić information content (AvgIpc) is 2.63. The molecule has 28 heavy (non-hydrogen) atoms. The van der Waals surface area contributed by atoms with Gasteiger partial charge >= 0.3 is 7.12 Å². The molecule has 2 rings (SSSR count). The molecule has 0 bridgehead atoms. The number of nitrogens with zero attached hydrogens (tertiary/aromatic N) is 1. The number of hydrogen-bond acceptors (Lipinski definition) is 5. The summed E-state index contributed by atoms with van der Waals surface area (Å²) >= 11 is 0. The number of benzene rings is 2. The van der Waals surface area contributed by atoms with Gasteiger partial charge in [-0.05, 0) is 31.0 Å². The highest BCUT2D eigenvalue weighted by molar-refractivity contribution is 7.92. The van der Waals surface area contributed by atoms with Crippen LogP contribution in [0.4, 0.5) is 5.69 Å². The largest absolute Gasteiger partial charge is 0.475 e. The molecule has 7 nitrogen and oxygen atoms in total. The van der Waals surface area contributed by atoms with Gasteiger partial charge in [0.2, 0.25) is 15.9 Å². The van der Waals surface area contributed by atoms with Crippen molar-refractivity contribution in [3.8, 4) is 0 Å². The zero-order valence-corrected chi connectivity index (χ0v) is 16.8. The molecule has 3 N–H and O–H groups in total. The summed E-state index contributed by atoms with van der Waals surface area (Å²) in [5.74, 6) is -1.35. The summed E-state index contributed by atoms with van der Waals surface area (Å²) < 4.78 is 25.3. The van der Waals surface area contributed by atoms with Crippen LogP contribution in [0.1, 0.15) is 17.5 Å². The molecule has 0 aliphatic carbocycles. The quantitative estimate of drug-likeness (QED) is 0.539. The minimum atomic E-state index is -3.56. The number of para-hydroxylation sites is 1. The Morgan fingerprint density at radius 2 is 1.71 bits per heavy atom. The number of amides is 1. The van der Waals surface area contributed by atoms with Crippen LogP contribution in [0.2, 0.25) is 0 Å². The smallest absolute Gasteiger partial charge is 0.426 e. The van der Waals surface area contributed by atoms with E-state index >= 15 is 0 Å². The van der Waals surface area contributed by atoms with Crippen molar-refractivity contribution in [3.63, 3.8) is 0 Å². The Morgan fingerprint density at radius 1 is 1.11 bits per heavy atom. The molecule has 0 fully saturated rings. The van der Waals surface area contributed by atoms with Crippen LogP contribution >= 0.6 is 0 Å². The Kier molecular flexibility index (Phi) is 7.62. The van der Waals surface area contributed by atoms with Gasteiger partial charge in [-0.2, -0.15) is 0 Å². The number of anilines is 1. The number of carbonyl (C=O) groups excluding carboxylic acids is 1. The van der Waals surface area contributed by atoms with Gasteiger partial charge in [0.15, 0.2) is 0 Å². The molecule has 2 aromatic rings. The molecule has 0 radical (unpaired) electrons. The molecular formula is C19H25BN2O5S. The van der Waals surface area contributed by atoms with Crippen molar-refractivity contribution in [1.29, 1.82) is 0 Å². The highest BCUT2D eigenvalue weighted by atomic mass is 32.2. The Bertz CT molecular complexity index is 873. The van der Waals surface area contributed by atoms with E-state index in [1.807, 2.05) is 31.2 Å². The maximum absolute atomic E-state index is 12.3. The van der Waals surface area contributed by atoms with E-state index in [1.54, 1.807) is 30.3 Å². The second-order valence-corrected chi connectivity index (χ2v) is 8.60. The van der Waals surface area contributed by atoms with Crippen LogP contribution in [-0.4, -0.2) is 50.2 Å². The van der Waals surface area contributed by atoms with Crippen molar-refractivity contribution >= 4 is 28.7 Å². The van der Waals surface area contributed by atoms with Gasteiger partial charge in [0.25, 0.3) is 0 Å². The van der Waals surface area contributed by atoms with E-state index in [4.69, 9.17) is 0 Å². The van der Waals surface area contributed by atoms with Gasteiger partial charge in [0, 0.05) is 13.0 Å². The van der Waals surface area contributed by atoms with Gasteiger partial charge in [-0.25, -0.2) is 8.42 Å². The van der Waals surface area contributed by atoms with Crippen LogP contribution in [0.15, 0.2) is 54.6 Å². The Morgan fingerprint density at radius 3 is 2.25 bits per heavy atom. The molecule has 150 valence electrons. The van der Waals surface area contributed by atoms with Crippen molar-refractivity contribution in [2.24, 2.45) is 0 Å². The van der Waals surface area contributed by atoms with E-state index in [-0.39, 0.29) is 19.4 Å². The second kappa shape index (κ2) is 9.72. The summed E-state index contributed by atoms with van der Waals surface area (Å²) in [6.45, 7) is 1.90. The second-order valence-electron chi connectivity index (χ2n) is 6.70. The third kappa shape index (κ3) is 6.67. The summed E-state index contributed by atoms with van der Waals surface area (Å²) in [5.41, 5.74) is 2.40. The number of rotatable bonds is 9. The van der Waals surface area contributed by atoms with Gasteiger partial charge < -0.3 is 15.4 Å². The fourth-order valence-corrected chi connectivity index (χ4v) is 3.70. The van der Waals surface area contributed by atoms with Crippen LogP contribution in [0.3, 0.4) is 0 Å². The maximum atomic E-state index is 12.3. The van der Waals surface area contributed by atoms with Crippen molar-refractivity contribution in [3.05, 3.63) is 65.7 Å². The zero-order chi connectivity index (χ0) is 20.7. The van der Waals surface area contributed by atoms with E-state index in [1.165, 1.54) is 0 Å². The third-order valence-corrected chi connectivity index (χ3v) is 5.46. The summed E-state index contributed by atoms with van der Waals surface area (Å²) in [5, 5.41) is 21.8. The molecule has 0 heterocycles.